The molecular formula is C14H17ClFN3OS. The van der Waals surface area contributed by atoms with E-state index >= 15 is 0 Å². The van der Waals surface area contributed by atoms with Crippen LogP contribution in [0.15, 0.2) is 18.2 Å². The highest BCUT2D eigenvalue weighted by Crippen LogP contribution is 2.16. The number of carbonyl (C=O) groups excluding carboxylic acids is 1. The first-order chi connectivity index (χ1) is 9.95. The minimum atomic E-state index is -0.587. The quantitative estimate of drug-likeness (QED) is 0.829. The molecule has 1 aliphatic rings. The molecule has 7 heteroatoms. The van der Waals surface area contributed by atoms with Crippen molar-refractivity contribution in [3.8, 4) is 0 Å². The number of benzene rings is 1. The van der Waals surface area contributed by atoms with E-state index in [1.807, 2.05) is 0 Å². The Bertz CT molecular complexity index is 547. The largest absolute Gasteiger partial charge is 0.392 e. The van der Waals surface area contributed by atoms with Crippen LogP contribution < -0.4 is 11.1 Å². The van der Waals surface area contributed by atoms with Gasteiger partial charge >= 0.3 is 0 Å². The molecule has 1 aromatic carbocycles. The second kappa shape index (κ2) is 7.15. The first-order valence-corrected chi connectivity index (χ1v) is 7.51. The number of hydrogen-bond acceptors (Lipinski definition) is 3. The second-order valence-electron chi connectivity index (χ2n) is 5.12. The maximum absolute atomic E-state index is 13.3. The standard InChI is InChI=1S/C14H17ClFN3OS/c15-11-2-1-9(7-12(11)16)14(20)18-10-3-5-19(6-4-10)8-13(17)21/h1-2,7,10H,3-6,8H2,(H2,17,21)(H,18,20). The second-order valence-corrected chi connectivity index (χ2v) is 6.05. The molecule has 0 saturated carbocycles. The molecule has 0 spiro atoms. The summed E-state index contributed by atoms with van der Waals surface area (Å²) in [5, 5.41) is 2.93. The SMILES string of the molecule is NC(=S)CN1CCC(NC(=O)c2ccc(Cl)c(F)c2)CC1. The summed E-state index contributed by atoms with van der Waals surface area (Å²) in [5.74, 6) is -0.867. The fourth-order valence-corrected chi connectivity index (χ4v) is 2.66. The summed E-state index contributed by atoms with van der Waals surface area (Å²) in [6.45, 7) is 2.27. The predicted octanol–water partition coefficient (Wildman–Crippen LogP) is 1.96. The molecular weight excluding hydrogens is 313 g/mol. The number of amides is 1. The van der Waals surface area contributed by atoms with Crippen molar-refractivity contribution in [3.05, 3.63) is 34.6 Å². The van der Waals surface area contributed by atoms with Crippen molar-refractivity contribution >= 4 is 34.7 Å². The molecule has 0 radical (unpaired) electrons. The Labute approximate surface area is 133 Å². The van der Waals surface area contributed by atoms with Gasteiger partial charge in [0, 0.05) is 31.2 Å². The van der Waals surface area contributed by atoms with Crippen LogP contribution in [0.1, 0.15) is 23.2 Å². The molecule has 1 saturated heterocycles. The number of nitrogens with zero attached hydrogens (tertiary/aromatic N) is 1. The number of rotatable bonds is 4. The van der Waals surface area contributed by atoms with E-state index in [0.717, 1.165) is 32.0 Å². The van der Waals surface area contributed by atoms with Gasteiger partial charge in [0.2, 0.25) is 0 Å². The van der Waals surface area contributed by atoms with Gasteiger partial charge in [0.25, 0.3) is 5.91 Å². The van der Waals surface area contributed by atoms with E-state index in [1.165, 1.54) is 12.1 Å². The molecule has 3 N–H and O–H groups in total. The van der Waals surface area contributed by atoms with Gasteiger partial charge in [-0.05, 0) is 31.0 Å². The number of hydrogen-bond donors (Lipinski definition) is 2. The zero-order valence-corrected chi connectivity index (χ0v) is 13.0. The van der Waals surface area contributed by atoms with Crippen LogP contribution in [0.2, 0.25) is 5.02 Å². The summed E-state index contributed by atoms with van der Waals surface area (Å²) in [4.78, 5) is 14.7. The zero-order chi connectivity index (χ0) is 15.4. The maximum atomic E-state index is 13.3. The molecule has 1 aromatic rings. The fourth-order valence-electron chi connectivity index (χ4n) is 2.36. The van der Waals surface area contributed by atoms with E-state index < -0.39 is 5.82 Å². The van der Waals surface area contributed by atoms with Crippen molar-refractivity contribution in [2.24, 2.45) is 5.73 Å². The van der Waals surface area contributed by atoms with Gasteiger partial charge in [-0.2, -0.15) is 0 Å². The van der Waals surface area contributed by atoms with Gasteiger partial charge in [0.05, 0.1) is 10.0 Å². The van der Waals surface area contributed by atoms with Gasteiger partial charge in [-0.3, -0.25) is 9.69 Å². The Morgan fingerprint density at radius 2 is 2.14 bits per heavy atom. The molecule has 1 aliphatic heterocycles. The lowest BCUT2D eigenvalue weighted by Crippen LogP contribution is -2.46. The lowest BCUT2D eigenvalue weighted by Gasteiger charge is -2.31. The molecule has 0 atom stereocenters. The Kier molecular flexibility index (Phi) is 5.50. The number of carbonyl (C=O) groups is 1. The predicted molar refractivity (Wildman–Crippen MR) is 85.1 cm³/mol. The highest BCUT2D eigenvalue weighted by molar-refractivity contribution is 7.80. The third kappa shape index (κ3) is 4.62. The summed E-state index contributed by atoms with van der Waals surface area (Å²) in [6, 6.07) is 4.14. The summed E-state index contributed by atoms with van der Waals surface area (Å²) in [7, 11) is 0. The van der Waals surface area contributed by atoms with Crippen LogP contribution in [0.4, 0.5) is 4.39 Å². The normalized spacial score (nSPS) is 16.7. The smallest absolute Gasteiger partial charge is 0.251 e. The van der Waals surface area contributed by atoms with Crippen molar-refractivity contribution in [3.63, 3.8) is 0 Å². The van der Waals surface area contributed by atoms with E-state index in [4.69, 9.17) is 29.6 Å². The Morgan fingerprint density at radius 3 is 2.71 bits per heavy atom. The average molecular weight is 330 g/mol. The zero-order valence-electron chi connectivity index (χ0n) is 11.4. The molecule has 1 amide bonds. The monoisotopic (exact) mass is 329 g/mol. The van der Waals surface area contributed by atoms with Crippen LogP contribution in [-0.4, -0.2) is 41.5 Å². The van der Waals surface area contributed by atoms with E-state index in [1.54, 1.807) is 0 Å². The minimum absolute atomic E-state index is 0.0117. The average Bonchev–Trinajstić information content (AvgIpc) is 2.43. The minimum Gasteiger partial charge on any atom is -0.392 e. The van der Waals surface area contributed by atoms with E-state index in [2.05, 4.69) is 10.2 Å². The molecule has 0 aliphatic carbocycles. The van der Waals surface area contributed by atoms with Crippen LogP contribution >= 0.6 is 23.8 Å². The number of likely N-dealkylation sites (tertiary alicyclic amines) is 1. The first kappa shape index (κ1) is 16.1. The molecule has 114 valence electrons. The van der Waals surface area contributed by atoms with Crippen LogP contribution in [-0.2, 0) is 0 Å². The van der Waals surface area contributed by atoms with Gasteiger partial charge in [-0.15, -0.1) is 0 Å². The molecule has 0 aromatic heterocycles. The highest BCUT2D eigenvalue weighted by Gasteiger charge is 2.21. The summed E-state index contributed by atoms with van der Waals surface area (Å²) < 4.78 is 13.3. The van der Waals surface area contributed by atoms with Crippen molar-refractivity contribution in [1.29, 1.82) is 0 Å². The summed E-state index contributed by atoms with van der Waals surface area (Å²) >= 11 is 10.5. The van der Waals surface area contributed by atoms with Gasteiger partial charge < -0.3 is 11.1 Å². The van der Waals surface area contributed by atoms with E-state index in [-0.39, 0.29) is 22.5 Å². The van der Waals surface area contributed by atoms with E-state index in [0.29, 0.717) is 11.5 Å². The molecule has 2 rings (SSSR count). The Hall–Kier alpha value is -1.24. The van der Waals surface area contributed by atoms with Crippen molar-refractivity contribution < 1.29 is 9.18 Å². The van der Waals surface area contributed by atoms with Crippen molar-refractivity contribution in [2.45, 2.75) is 18.9 Å². The topological polar surface area (TPSA) is 58.4 Å². The molecule has 1 fully saturated rings. The Balaban J connectivity index is 1.86. The highest BCUT2D eigenvalue weighted by atomic mass is 35.5. The lowest BCUT2D eigenvalue weighted by atomic mass is 10.0. The van der Waals surface area contributed by atoms with E-state index in [9.17, 15) is 9.18 Å². The number of nitrogens with one attached hydrogen (secondary N) is 1. The van der Waals surface area contributed by atoms with Crippen LogP contribution in [0.3, 0.4) is 0 Å². The van der Waals surface area contributed by atoms with Crippen LogP contribution in [0.5, 0.6) is 0 Å². The molecule has 21 heavy (non-hydrogen) atoms. The maximum Gasteiger partial charge on any atom is 0.251 e. The molecule has 1 heterocycles. The third-order valence-corrected chi connectivity index (χ3v) is 3.92. The number of thiocarbonyl (C=S) groups is 1. The van der Waals surface area contributed by atoms with Gasteiger partial charge in [0.15, 0.2) is 0 Å². The summed E-state index contributed by atoms with van der Waals surface area (Å²) in [5.41, 5.74) is 5.79. The van der Waals surface area contributed by atoms with Gasteiger partial charge in [-0.25, -0.2) is 4.39 Å². The molecule has 0 unspecified atom stereocenters. The summed E-state index contributed by atoms with van der Waals surface area (Å²) in [6.07, 6.45) is 1.65. The lowest BCUT2D eigenvalue weighted by molar-refractivity contribution is 0.0914. The van der Waals surface area contributed by atoms with Crippen molar-refractivity contribution in [1.82, 2.24) is 10.2 Å². The van der Waals surface area contributed by atoms with Gasteiger partial charge in [0.1, 0.15) is 5.82 Å². The third-order valence-electron chi connectivity index (χ3n) is 3.48. The number of piperidine rings is 1. The molecule has 4 nitrogen and oxygen atoms in total. The first-order valence-electron chi connectivity index (χ1n) is 6.72. The fraction of sp³-hybridized carbons (Fsp3) is 0.429. The van der Waals surface area contributed by atoms with Crippen molar-refractivity contribution in [2.75, 3.05) is 19.6 Å². The number of nitrogens with two attached hydrogens (primary N) is 1. The molecule has 0 bridgehead atoms. The van der Waals surface area contributed by atoms with Crippen LogP contribution in [0.25, 0.3) is 0 Å². The Morgan fingerprint density at radius 1 is 1.48 bits per heavy atom. The van der Waals surface area contributed by atoms with Gasteiger partial charge in [-0.1, -0.05) is 23.8 Å². The van der Waals surface area contributed by atoms with Crippen LogP contribution in [0, 0.1) is 5.82 Å². The number of halogens is 2.